The third-order valence-corrected chi connectivity index (χ3v) is 2.90. The molecule has 0 rings (SSSR count). The van der Waals surface area contributed by atoms with E-state index in [4.69, 9.17) is 25.8 Å². The molecule has 0 aliphatic rings. The summed E-state index contributed by atoms with van der Waals surface area (Å²) in [4.78, 5) is 12.4. The molecular weight excluding hydrogens is 244 g/mol. The fourth-order valence-corrected chi connectivity index (χ4v) is 1.49. The summed E-state index contributed by atoms with van der Waals surface area (Å²) >= 11 is 5.81. The molecule has 0 saturated carbocycles. The highest BCUT2D eigenvalue weighted by atomic mass is 35.5. The number of halogens is 1. The normalized spacial score (nSPS) is 12.8. The Kier molecular flexibility index (Phi) is 7.24. The molecule has 0 radical (unpaired) electrons. The summed E-state index contributed by atoms with van der Waals surface area (Å²) < 4.78 is 16.2. The van der Waals surface area contributed by atoms with Crippen molar-refractivity contribution in [1.82, 2.24) is 0 Å². The third kappa shape index (κ3) is 4.21. The summed E-state index contributed by atoms with van der Waals surface area (Å²) in [6.07, 6.45) is 0. The maximum absolute atomic E-state index is 12.4. The van der Waals surface area contributed by atoms with Gasteiger partial charge < -0.3 is 14.2 Å². The lowest BCUT2D eigenvalue weighted by molar-refractivity contribution is -0.353. The maximum Gasteiger partial charge on any atom is 0.347 e. The lowest BCUT2D eigenvalue weighted by atomic mass is 9.89. The van der Waals surface area contributed by atoms with Crippen molar-refractivity contribution in [2.75, 3.05) is 25.7 Å². The Balaban J connectivity index is 5.17. The zero-order chi connectivity index (χ0) is 13.5. The van der Waals surface area contributed by atoms with Crippen molar-refractivity contribution in [3.8, 4) is 0 Å². The largest absolute Gasteiger partial charge is 0.347 e. The molecule has 0 aromatic carbocycles. The number of ketones is 1. The van der Waals surface area contributed by atoms with E-state index >= 15 is 0 Å². The SMILES string of the molecule is CCOC(OCC)(OCC)C(=O)C(C)(C)CCl. The average molecular weight is 267 g/mol. The van der Waals surface area contributed by atoms with Gasteiger partial charge in [-0.2, -0.15) is 0 Å². The first-order valence-electron chi connectivity index (χ1n) is 5.92. The summed E-state index contributed by atoms with van der Waals surface area (Å²) in [5.41, 5.74) is -0.763. The minimum absolute atomic E-state index is 0.181. The van der Waals surface area contributed by atoms with E-state index in [0.29, 0.717) is 19.8 Å². The van der Waals surface area contributed by atoms with E-state index in [-0.39, 0.29) is 11.7 Å². The number of ether oxygens (including phenoxy) is 3. The van der Waals surface area contributed by atoms with Gasteiger partial charge in [0.05, 0.1) is 19.8 Å². The first kappa shape index (κ1) is 16.8. The topological polar surface area (TPSA) is 44.8 Å². The standard InChI is InChI=1S/C12H23ClO4/c1-6-15-12(16-7-2,17-8-3)10(14)11(4,5)9-13/h6-9H2,1-5H3. The van der Waals surface area contributed by atoms with Crippen LogP contribution in [0.2, 0.25) is 0 Å². The number of Topliss-reactive ketones (excluding diaryl/α,β-unsaturated/α-hetero) is 1. The van der Waals surface area contributed by atoms with Crippen LogP contribution in [0.4, 0.5) is 0 Å². The molecule has 0 amide bonds. The van der Waals surface area contributed by atoms with Gasteiger partial charge in [0.25, 0.3) is 0 Å². The Morgan fingerprint density at radius 1 is 1.00 bits per heavy atom. The van der Waals surface area contributed by atoms with Crippen molar-refractivity contribution in [3.05, 3.63) is 0 Å². The Bertz CT molecular complexity index is 224. The molecule has 0 N–H and O–H groups in total. The Hall–Kier alpha value is -0.160. The lowest BCUT2D eigenvalue weighted by Gasteiger charge is -2.35. The molecule has 0 aliphatic carbocycles. The second-order valence-electron chi connectivity index (χ2n) is 4.20. The van der Waals surface area contributed by atoms with Crippen molar-refractivity contribution in [2.24, 2.45) is 5.41 Å². The second kappa shape index (κ2) is 7.31. The quantitative estimate of drug-likeness (QED) is 0.475. The summed E-state index contributed by atoms with van der Waals surface area (Å²) in [6, 6.07) is 0. The molecule has 4 nitrogen and oxygen atoms in total. The van der Waals surface area contributed by atoms with Crippen LogP contribution in [-0.2, 0) is 19.0 Å². The maximum atomic E-state index is 12.4. The molecule has 0 aliphatic heterocycles. The lowest BCUT2D eigenvalue weighted by Crippen LogP contribution is -2.53. The van der Waals surface area contributed by atoms with Gasteiger partial charge in [-0.15, -0.1) is 11.6 Å². The molecule has 0 unspecified atom stereocenters. The predicted molar refractivity (Wildman–Crippen MR) is 67.1 cm³/mol. The summed E-state index contributed by atoms with van der Waals surface area (Å²) in [5, 5.41) is 0. The molecule has 17 heavy (non-hydrogen) atoms. The number of rotatable bonds is 9. The number of carbonyl (C=O) groups is 1. The van der Waals surface area contributed by atoms with E-state index in [9.17, 15) is 4.79 Å². The van der Waals surface area contributed by atoms with E-state index in [1.165, 1.54) is 0 Å². The Morgan fingerprint density at radius 2 is 1.35 bits per heavy atom. The van der Waals surface area contributed by atoms with Crippen LogP contribution < -0.4 is 0 Å². The van der Waals surface area contributed by atoms with E-state index in [1.54, 1.807) is 34.6 Å². The molecule has 102 valence electrons. The molecule has 0 heterocycles. The number of alkyl halides is 1. The molecule has 0 fully saturated rings. The number of hydrogen-bond donors (Lipinski definition) is 0. The van der Waals surface area contributed by atoms with E-state index < -0.39 is 11.4 Å². The minimum atomic E-state index is -1.63. The van der Waals surface area contributed by atoms with Gasteiger partial charge in [-0.1, -0.05) is 13.8 Å². The molecule has 0 saturated heterocycles. The third-order valence-electron chi connectivity index (χ3n) is 2.23. The minimum Gasteiger partial charge on any atom is -0.322 e. The fraction of sp³-hybridized carbons (Fsp3) is 0.917. The second-order valence-corrected chi connectivity index (χ2v) is 4.47. The van der Waals surface area contributed by atoms with Gasteiger partial charge in [-0.05, 0) is 20.8 Å². The van der Waals surface area contributed by atoms with Crippen molar-refractivity contribution in [3.63, 3.8) is 0 Å². The van der Waals surface area contributed by atoms with Crippen molar-refractivity contribution < 1.29 is 19.0 Å². The first-order chi connectivity index (χ1) is 7.90. The van der Waals surface area contributed by atoms with Crippen LogP contribution in [0, 0.1) is 5.41 Å². The fourth-order valence-electron chi connectivity index (χ4n) is 1.37. The molecule has 0 aromatic rings. The first-order valence-corrected chi connectivity index (χ1v) is 6.46. The van der Waals surface area contributed by atoms with Gasteiger partial charge in [-0.3, -0.25) is 4.79 Å². The van der Waals surface area contributed by atoms with Crippen LogP contribution >= 0.6 is 11.6 Å². The Labute approximate surface area is 109 Å². The Morgan fingerprint density at radius 3 is 1.59 bits per heavy atom. The van der Waals surface area contributed by atoms with Gasteiger partial charge in [0.15, 0.2) is 0 Å². The highest BCUT2D eigenvalue weighted by Gasteiger charge is 2.49. The predicted octanol–water partition coefficient (Wildman–Crippen LogP) is 2.58. The number of hydrogen-bond acceptors (Lipinski definition) is 4. The van der Waals surface area contributed by atoms with Crippen LogP contribution in [0.3, 0.4) is 0 Å². The average Bonchev–Trinajstić information content (AvgIpc) is 2.29. The van der Waals surface area contributed by atoms with Crippen molar-refractivity contribution in [2.45, 2.75) is 40.6 Å². The molecular formula is C12H23ClO4. The van der Waals surface area contributed by atoms with Crippen LogP contribution in [0.1, 0.15) is 34.6 Å². The summed E-state index contributed by atoms with van der Waals surface area (Å²) in [6.45, 7) is 9.82. The van der Waals surface area contributed by atoms with E-state index in [1.807, 2.05) is 0 Å². The van der Waals surface area contributed by atoms with Crippen molar-refractivity contribution >= 4 is 17.4 Å². The highest BCUT2D eigenvalue weighted by Crippen LogP contribution is 2.30. The summed E-state index contributed by atoms with van der Waals surface area (Å²) in [7, 11) is 0. The van der Waals surface area contributed by atoms with Crippen molar-refractivity contribution in [1.29, 1.82) is 0 Å². The number of carbonyl (C=O) groups excluding carboxylic acids is 1. The highest BCUT2D eigenvalue weighted by molar-refractivity contribution is 6.20. The van der Waals surface area contributed by atoms with E-state index in [2.05, 4.69) is 0 Å². The van der Waals surface area contributed by atoms with Crippen LogP contribution in [0.25, 0.3) is 0 Å². The van der Waals surface area contributed by atoms with Crippen LogP contribution in [0.5, 0.6) is 0 Å². The van der Waals surface area contributed by atoms with Crippen LogP contribution in [-0.4, -0.2) is 37.5 Å². The van der Waals surface area contributed by atoms with Gasteiger partial charge >= 0.3 is 5.97 Å². The zero-order valence-electron chi connectivity index (χ0n) is 11.3. The monoisotopic (exact) mass is 266 g/mol. The smallest absolute Gasteiger partial charge is 0.322 e. The van der Waals surface area contributed by atoms with Gasteiger partial charge in [0, 0.05) is 11.3 Å². The van der Waals surface area contributed by atoms with E-state index in [0.717, 1.165) is 0 Å². The molecule has 0 spiro atoms. The molecule has 0 aromatic heterocycles. The van der Waals surface area contributed by atoms with Gasteiger partial charge in [-0.25, -0.2) is 0 Å². The zero-order valence-corrected chi connectivity index (χ0v) is 12.1. The van der Waals surface area contributed by atoms with Gasteiger partial charge in [0.2, 0.25) is 5.78 Å². The summed E-state index contributed by atoms with van der Waals surface area (Å²) in [5.74, 6) is -1.73. The molecule has 0 bridgehead atoms. The van der Waals surface area contributed by atoms with Crippen LogP contribution in [0.15, 0.2) is 0 Å². The molecule has 5 heteroatoms. The van der Waals surface area contributed by atoms with Gasteiger partial charge in [0.1, 0.15) is 0 Å². The molecule has 0 atom stereocenters.